The molecular formula is C7H15NO5S. The van der Waals surface area contributed by atoms with E-state index in [1.54, 1.807) is 0 Å². The molecule has 0 aliphatic heterocycles. The maximum Gasteiger partial charge on any atom is 0.320 e. The van der Waals surface area contributed by atoms with Gasteiger partial charge in [0.2, 0.25) is 10.0 Å². The van der Waals surface area contributed by atoms with Crippen LogP contribution in [0.3, 0.4) is 0 Å². The molecule has 0 aromatic heterocycles. The van der Waals surface area contributed by atoms with Gasteiger partial charge >= 0.3 is 5.97 Å². The Morgan fingerprint density at radius 1 is 1.43 bits per heavy atom. The molecule has 0 saturated carbocycles. The van der Waals surface area contributed by atoms with Crippen molar-refractivity contribution in [2.45, 2.75) is 19.4 Å². The summed E-state index contributed by atoms with van der Waals surface area (Å²) in [6.07, 6.45) is 0. The molecule has 7 heteroatoms. The van der Waals surface area contributed by atoms with Gasteiger partial charge in [0.1, 0.15) is 0 Å². The van der Waals surface area contributed by atoms with Crippen molar-refractivity contribution in [3.8, 4) is 0 Å². The van der Waals surface area contributed by atoms with Crippen molar-refractivity contribution in [2.75, 3.05) is 19.4 Å². The van der Waals surface area contributed by atoms with E-state index in [0.717, 1.165) is 4.31 Å². The van der Waals surface area contributed by atoms with Gasteiger partial charge in [0, 0.05) is 7.05 Å². The van der Waals surface area contributed by atoms with Gasteiger partial charge in [-0.3, -0.25) is 4.79 Å². The van der Waals surface area contributed by atoms with Gasteiger partial charge < -0.3 is 10.2 Å². The number of likely N-dealkylation sites (N-methyl/N-ethyl adjacent to an activating group) is 1. The van der Waals surface area contributed by atoms with E-state index in [1.807, 2.05) is 0 Å². The van der Waals surface area contributed by atoms with E-state index < -0.39 is 27.3 Å². The van der Waals surface area contributed by atoms with Crippen molar-refractivity contribution >= 4 is 16.0 Å². The van der Waals surface area contributed by atoms with E-state index in [9.17, 15) is 13.2 Å². The zero-order chi connectivity index (χ0) is 11.6. The predicted molar refractivity (Wildman–Crippen MR) is 50.4 cm³/mol. The highest BCUT2D eigenvalue weighted by Crippen LogP contribution is 2.15. The zero-order valence-corrected chi connectivity index (χ0v) is 9.21. The van der Waals surface area contributed by atoms with E-state index in [-0.39, 0.29) is 6.61 Å². The topological polar surface area (TPSA) is 94.9 Å². The van der Waals surface area contributed by atoms with Gasteiger partial charge in [0.15, 0.2) is 5.75 Å². The molecule has 0 aliphatic carbocycles. The number of rotatable bonds is 5. The second kappa shape index (κ2) is 4.24. The van der Waals surface area contributed by atoms with E-state index in [0.29, 0.717) is 0 Å². The van der Waals surface area contributed by atoms with Crippen molar-refractivity contribution in [2.24, 2.45) is 0 Å². The molecule has 0 aromatic carbocycles. The largest absolute Gasteiger partial charge is 0.480 e. The third kappa shape index (κ3) is 3.24. The van der Waals surface area contributed by atoms with Crippen LogP contribution >= 0.6 is 0 Å². The summed E-state index contributed by atoms with van der Waals surface area (Å²) in [6.45, 7) is 2.64. The predicted octanol–water partition coefficient (Wildman–Crippen LogP) is -0.896. The van der Waals surface area contributed by atoms with Crippen LogP contribution in [0.25, 0.3) is 0 Å². The maximum atomic E-state index is 11.4. The van der Waals surface area contributed by atoms with Crippen molar-refractivity contribution < 1.29 is 23.4 Å². The molecule has 0 saturated heterocycles. The lowest BCUT2D eigenvalue weighted by molar-refractivity contribution is -0.134. The number of carboxylic acid groups (broad SMARTS) is 1. The molecular weight excluding hydrogens is 210 g/mol. The van der Waals surface area contributed by atoms with Crippen LogP contribution in [0.2, 0.25) is 0 Å². The van der Waals surface area contributed by atoms with E-state index in [1.165, 1.54) is 20.9 Å². The number of aliphatic hydroxyl groups excluding tert-OH is 1. The Balaban J connectivity index is 4.85. The molecule has 0 aliphatic rings. The Morgan fingerprint density at radius 3 is 2.14 bits per heavy atom. The van der Waals surface area contributed by atoms with Crippen molar-refractivity contribution in [1.29, 1.82) is 0 Å². The first kappa shape index (κ1) is 13.3. The SMILES string of the molecule is CN(C(C)(C)CO)S(=O)(=O)CC(=O)O. The number of aliphatic hydroxyl groups is 1. The lowest BCUT2D eigenvalue weighted by atomic mass is 10.1. The van der Waals surface area contributed by atoms with Crippen LogP contribution in [0.5, 0.6) is 0 Å². The summed E-state index contributed by atoms with van der Waals surface area (Å²) in [5.74, 6) is -2.38. The van der Waals surface area contributed by atoms with Gasteiger partial charge in [-0.05, 0) is 13.8 Å². The summed E-state index contributed by atoms with van der Waals surface area (Å²) in [6, 6.07) is 0. The highest BCUT2D eigenvalue weighted by atomic mass is 32.2. The Hall–Kier alpha value is -0.660. The number of nitrogens with zero attached hydrogens (tertiary/aromatic N) is 1. The first-order valence-corrected chi connectivity index (χ1v) is 5.54. The van der Waals surface area contributed by atoms with Crippen molar-refractivity contribution in [3.05, 3.63) is 0 Å². The third-order valence-corrected chi connectivity index (χ3v) is 3.90. The molecule has 0 heterocycles. The van der Waals surface area contributed by atoms with Gasteiger partial charge in [-0.15, -0.1) is 0 Å². The van der Waals surface area contributed by atoms with Crippen molar-refractivity contribution in [1.82, 2.24) is 4.31 Å². The summed E-state index contributed by atoms with van der Waals surface area (Å²) < 4.78 is 23.6. The van der Waals surface area contributed by atoms with E-state index >= 15 is 0 Å². The molecule has 0 aromatic rings. The minimum Gasteiger partial charge on any atom is -0.480 e. The molecule has 0 bridgehead atoms. The van der Waals surface area contributed by atoms with Gasteiger partial charge in [-0.1, -0.05) is 0 Å². The number of hydrogen-bond acceptors (Lipinski definition) is 4. The lowest BCUT2D eigenvalue weighted by Crippen LogP contribution is -2.49. The Morgan fingerprint density at radius 2 is 1.86 bits per heavy atom. The number of sulfonamides is 1. The maximum absolute atomic E-state index is 11.4. The van der Waals surface area contributed by atoms with Crippen LogP contribution in [0.15, 0.2) is 0 Å². The second-order valence-electron chi connectivity index (χ2n) is 3.59. The number of hydrogen-bond donors (Lipinski definition) is 2. The van der Waals surface area contributed by atoms with E-state index in [2.05, 4.69) is 0 Å². The summed E-state index contributed by atoms with van der Waals surface area (Å²) >= 11 is 0. The lowest BCUT2D eigenvalue weighted by Gasteiger charge is -2.32. The summed E-state index contributed by atoms with van der Waals surface area (Å²) in [7, 11) is -2.61. The van der Waals surface area contributed by atoms with Gasteiger partial charge in [-0.25, -0.2) is 8.42 Å². The van der Waals surface area contributed by atoms with Crippen LogP contribution in [-0.4, -0.2) is 53.9 Å². The molecule has 14 heavy (non-hydrogen) atoms. The summed E-state index contributed by atoms with van der Waals surface area (Å²) in [4.78, 5) is 10.3. The highest BCUT2D eigenvalue weighted by Gasteiger charge is 2.33. The minimum atomic E-state index is -3.86. The molecule has 0 fully saturated rings. The first-order valence-electron chi connectivity index (χ1n) is 3.93. The number of carboxylic acids is 1. The van der Waals surface area contributed by atoms with Crippen LogP contribution in [0.1, 0.15) is 13.8 Å². The van der Waals surface area contributed by atoms with Gasteiger partial charge in [-0.2, -0.15) is 4.31 Å². The van der Waals surface area contributed by atoms with Gasteiger partial charge in [0.05, 0.1) is 12.1 Å². The highest BCUT2D eigenvalue weighted by molar-refractivity contribution is 7.89. The zero-order valence-electron chi connectivity index (χ0n) is 8.39. The smallest absolute Gasteiger partial charge is 0.320 e. The van der Waals surface area contributed by atoms with Crippen LogP contribution in [-0.2, 0) is 14.8 Å². The quantitative estimate of drug-likeness (QED) is 0.632. The Labute approximate surface area is 83.2 Å². The molecule has 84 valence electrons. The molecule has 0 amide bonds. The standard InChI is InChI=1S/C7H15NO5S/c1-7(2,5-9)8(3)14(12,13)4-6(10)11/h9H,4-5H2,1-3H3,(H,10,11). The van der Waals surface area contributed by atoms with Crippen LogP contribution in [0, 0.1) is 0 Å². The first-order chi connectivity index (χ1) is 6.13. The number of carbonyl (C=O) groups is 1. The van der Waals surface area contributed by atoms with Crippen molar-refractivity contribution in [3.63, 3.8) is 0 Å². The van der Waals surface area contributed by atoms with Crippen LogP contribution in [0.4, 0.5) is 0 Å². The fourth-order valence-electron chi connectivity index (χ4n) is 0.729. The second-order valence-corrected chi connectivity index (χ2v) is 5.59. The average Bonchev–Trinajstić information content (AvgIpc) is 2.00. The average molecular weight is 225 g/mol. The van der Waals surface area contributed by atoms with Gasteiger partial charge in [0.25, 0.3) is 0 Å². The summed E-state index contributed by atoms with van der Waals surface area (Å²) in [5.41, 5.74) is -0.992. The van der Waals surface area contributed by atoms with E-state index in [4.69, 9.17) is 10.2 Å². The molecule has 0 rings (SSSR count). The van der Waals surface area contributed by atoms with Crippen LogP contribution < -0.4 is 0 Å². The molecule has 0 radical (unpaired) electrons. The fourth-order valence-corrected chi connectivity index (χ4v) is 2.05. The molecule has 6 nitrogen and oxygen atoms in total. The summed E-state index contributed by atoms with van der Waals surface area (Å²) in [5, 5.41) is 17.3. The molecule has 0 atom stereocenters. The third-order valence-electron chi connectivity index (χ3n) is 1.96. The molecule has 0 spiro atoms. The Kier molecular flexibility index (Phi) is 4.04. The monoisotopic (exact) mass is 225 g/mol. The normalized spacial score (nSPS) is 13.2. The minimum absolute atomic E-state index is 0.373. The number of aliphatic carboxylic acids is 1. The fraction of sp³-hybridized carbons (Fsp3) is 0.857. The molecule has 0 unspecified atom stereocenters. The Bertz CT molecular complexity index is 308. The molecule has 2 N–H and O–H groups in total.